The van der Waals surface area contributed by atoms with E-state index in [0.717, 1.165) is 0 Å². The van der Waals surface area contributed by atoms with Crippen LogP contribution in [0.25, 0.3) is 0 Å². The number of fused-ring (bicyclic) bond motifs is 1. The molecule has 0 aliphatic carbocycles. The van der Waals surface area contributed by atoms with Crippen molar-refractivity contribution in [1.82, 2.24) is 5.32 Å². The molecule has 1 unspecified atom stereocenters. The molecule has 0 bridgehead atoms. The second-order valence-corrected chi connectivity index (χ2v) is 5.69. The molecule has 0 saturated heterocycles. The molecule has 1 heterocycles. The van der Waals surface area contributed by atoms with Crippen LogP contribution in [0.1, 0.15) is 18.1 Å². The van der Waals surface area contributed by atoms with Crippen LogP contribution in [0.5, 0.6) is 11.5 Å². The molecule has 1 atom stereocenters. The molecule has 0 aromatic heterocycles. The second kappa shape index (κ2) is 8.74. The van der Waals surface area contributed by atoms with Crippen molar-refractivity contribution in [1.29, 1.82) is 0 Å². The quantitative estimate of drug-likeness (QED) is 0.857. The smallest absolute Gasteiger partial charge is 0.241 e. The molecule has 1 aliphatic heterocycles. The van der Waals surface area contributed by atoms with Gasteiger partial charge in [0.25, 0.3) is 0 Å². The standard InChI is InChI=1S/C19H22N2O3.ClH/c1-3-24-18-11-15(8-9-17(18)23-2)21-19(22)16-10-13-6-4-5-7-14(13)12-20-16;/h4-9,11,16,20H,3,10,12H2,1-2H3,(H,21,22);1H. The number of amides is 1. The molecule has 0 saturated carbocycles. The zero-order chi connectivity index (χ0) is 16.9. The number of carbonyl (C=O) groups is 1. The molecule has 2 N–H and O–H groups in total. The number of hydrogen-bond donors (Lipinski definition) is 2. The number of halogens is 1. The van der Waals surface area contributed by atoms with Crippen molar-refractivity contribution in [2.75, 3.05) is 19.0 Å². The molecule has 134 valence electrons. The maximum absolute atomic E-state index is 12.6. The first-order valence-corrected chi connectivity index (χ1v) is 8.13. The van der Waals surface area contributed by atoms with E-state index in [4.69, 9.17) is 9.47 Å². The zero-order valence-electron chi connectivity index (χ0n) is 14.4. The lowest BCUT2D eigenvalue weighted by molar-refractivity contribution is -0.118. The van der Waals surface area contributed by atoms with Crippen molar-refractivity contribution in [3.05, 3.63) is 53.6 Å². The van der Waals surface area contributed by atoms with E-state index in [-0.39, 0.29) is 24.4 Å². The molecule has 3 rings (SSSR count). The van der Waals surface area contributed by atoms with Crippen molar-refractivity contribution in [3.8, 4) is 11.5 Å². The molecule has 0 fully saturated rings. The monoisotopic (exact) mass is 362 g/mol. The summed E-state index contributed by atoms with van der Waals surface area (Å²) >= 11 is 0. The van der Waals surface area contributed by atoms with Crippen molar-refractivity contribution in [3.63, 3.8) is 0 Å². The van der Waals surface area contributed by atoms with Gasteiger partial charge >= 0.3 is 0 Å². The predicted octanol–water partition coefficient (Wildman–Crippen LogP) is 3.17. The number of nitrogens with one attached hydrogen (secondary N) is 2. The number of ether oxygens (including phenoxy) is 2. The maximum atomic E-state index is 12.6. The van der Waals surface area contributed by atoms with Crippen LogP contribution in [0.15, 0.2) is 42.5 Å². The Kier molecular flexibility index (Phi) is 6.67. The molecule has 1 amide bonds. The van der Waals surface area contributed by atoms with E-state index in [1.807, 2.05) is 25.1 Å². The minimum Gasteiger partial charge on any atom is -0.493 e. The number of carbonyl (C=O) groups excluding carboxylic acids is 1. The second-order valence-electron chi connectivity index (χ2n) is 5.69. The average Bonchev–Trinajstić information content (AvgIpc) is 2.62. The molecular weight excluding hydrogens is 340 g/mol. The van der Waals surface area contributed by atoms with Crippen LogP contribution >= 0.6 is 12.4 Å². The van der Waals surface area contributed by atoms with Gasteiger partial charge in [-0.15, -0.1) is 12.4 Å². The molecule has 1 aliphatic rings. The fourth-order valence-electron chi connectivity index (χ4n) is 2.89. The summed E-state index contributed by atoms with van der Waals surface area (Å²) in [4.78, 5) is 12.6. The minimum absolute atomic E-state index is 0. The van der Waals surface area contributed by atoms with Crippen molar-refractivity contribution < 1.29 is 14.3 Å². The molecule has 0 radical (unpaired) electrons. The van der Waals surface area contributed by atoms with Gasteiger partial charge in [0, 0.05) is 18.3 Å². The van der Waals surface area contributed by atoms with Gasteiger partial charge in [0.1, 0.15) is 0 Å². The summed E-state index contributed by atoms with van der Waals surface area (Å²) in [5, 5.41) is 6.25. The molecule has 2 aromatic rings. The van der Waals surface area contributed by atoms with E-state index in [1.54, 1.807) is 19.2 Å². The molecule has 25 heavy (non-hydrogen) atoms. The van der Waals surface area contributed by atoms with Gasteiger partial charge in [-0.1, -0.05) is 24.3 Å². The Bertz CT molecular complexity index is 736. The van der Waals surface area contributed by atoms with Crippen molar-refractivity contribution in [2.24, 2.45) is 0 Å². The first-order valence-electron chi connectivity index (χ1n) is 8.13. The highest BCUT2D eigenvalue weighted by Gasteiger charge is 2.24. The highest BCUT2D eigenvalue weighted by atomic mass is 35.5. The first-order chi connectivity index (χ1) is 11.7. The summed E-state index contributed by atoms with van der Waals surface area (Å²) in [5.74, 6) is 1.23. The molecule has 6 heteroatoms. The molecule has 2 aromatic carbocycles. The molecular formula is C19H23ClN2O3. The highest BCUT2D eigenvalue weighted by Crippen LogP contribution is 2.30. The summed E-state index contributed by atoms with van der Waals surface area (Å²) < 4.78 is 10.8. The third-order valence-electron chi connectivity index (χ3n) is 4.13. The van der Waals surface area contributed by atoms with Gasteiger partial charge < -0.3 is 20.1 Å². The summed E-state index contributed by atoms with van der Waals surface area (Å²) in [6, 6.07) is 13.4. The SMILES string of the molecule is CCOc1cc(NC(=O)C2Cc3ccccc3CN2)ccc1OC.Cl. The van der Waals surface area contributed by atoms with E-state index in [1.165, 1.54) is 11.1 Å². The largest absolute Gasteiger partial charge is 0.493 e. The van der Waals surface area contributed by atoms with E-state index in [0.29, 0.717) is 36.8 Å². The van der Waals surface area contributed by atoms with Crippen molar-refractivity contribution in [2.45, 2.75) is 25.9 Å². The Hall–Kier alpha value is -2.24. The molecule has 0 spiro atoms. The van der Waals surface area contributed by atoms with E-state index < -0.39 is 0 Å². The average molecular weight is 363 g/mol. The van der Waals surface area contributed by atoms with Gasteiger partial charge in [-0.25, -0.2) is 0 Å². The number of benzene rings is 2. The normalized spacial score (nSPS) is 15.5. The zero-order valence-corrected chi connectivity index (χ0v) is 15.2. The van der Waals surface area contributed by atoms with Gasteiger partial charge in [-0.05, 0) is 36.6 Å². The van der Waals surface area contributed by atoms with E-state index >= 15 is 0 Å². The Morgan fingerprint density at radius 1 is 1.20 bits per heavy atom. The Labute approximate surface area is 154 Å². The number of rotatable bonds is 5. The van der Waals surface area contributed by atoms with Crippen molar-refractivity contribution >= 4 is 24.0 Å². The lowest BCUT2D eigenvalue weighted by Gasteiger charge is -2.25. The molecule has 5 nitrogen and oxygen atoms in total. The summed E-state index contributed by atoms with van der Waals surface area (Å²) in [5.41, 5.74) is 3.18. The topological polar surface area (TPSA) is 59.6 Å². The number of methoxy groups -OCH3 is 1. The van der Waals surface area contributed by atoms with Gasteiger partial charge in [0.2, 0.25) is 5.91 Å². The van der Waals surface area contributed by atoms with Gasteiger partial charge in [-0.2, -0.15) is 0 Å². The minimum atomic E-state index is -0.238. The van der Waals surface area contributed by atoms with Crippen LogP contribution in [-0.2, 0) is 17.8 Å². The Morgan fingerprint density at radius 2 is 1.96 bits per heavy atom. The Morgan fingerprint density at radius 3 is 2.68 bits per heavy atom. The summed E-state index contributed by atoms with van der Waals surface area (Å²) in [6.45, 7) is 3.16. The number of anilines is 1. The van der Waals surface area contributed by atoms with Crippen LogP contribution in [0.2, 0.25) is 0 Å². The number of hydrogen-bond acceptors (Lipinski definition) is 4. The fraction of sp³-hybridized carbons (Fsp3) is 0.316. The van der Waals surface area contributed by atoms with Crippen LogP contribution < -0.4 is 20.1 Å². The maximum Gasteiger partial charge on any atom is 0.241 e. The first kappa shape index (κ1) is 19.1. The Balaban J connectivity index is 0.00000225. The van der Waals surface area contributed by atoms with Crippen LogP contribution in [0, 0.1) is 0 Å². The lowest BCUT2D eigenvalue weighted by atomic mass is 9.95. The highest BCUT2D eigenvalue weighted by molar-refractivity contribution is 5.95. The van der Waals surface area contributed by atoms with Gasteiger partial charge in [-0.3, -0.25) is 4.79 Å². The lowest BCUT2D eigenvalue weighted by Crippen LogP contribution is -2.44. The van der Waals surface area contributed by atoms with E-state index in [2.05, 4.69) is 22.8 Å². The van der Waals surface area contributed by atoms with Gasteiger partial charge in [0.05, 0.1) is 19.8 Å². The third-order valence-corrected chi connectivity index (χ3v) is 4.13. The fourth-order valence-corrected chi connectivity index (χ4v) is 2.89. The van der Waals surface area contributed by atoms with Crippen LogP contribution in [0.4, 0.5) is 5.69 Å². The van der Waals surface area contributed by atoms with Crippen LogP contribution in [0.3, 0.4) is 0 Å². The van der Waals surface area contributed by atoms with Gasteiger partial charge in [0.15, 0.2) is 11.5 Å². The summed E-state index contributed by atoms with van der Waals surface area (Å²) in [6.07, 6.45) is 0.691. The predicted molar refractivity (Wildman–Crippen MR) is 101 cm³/mol. The third kappa shape index (κ3) is 4.44. The van der Waals surface area contributed by atoms with E-state index in [9.17, 15) is 4.79 Å². The summed E-state index contributed by atoms with van der Waals surface area (Å²) in [7, 11) is 1.60. The van der Waals surface area contributed by atoms with Crippen LogP contribution in [-0.4, -0.2) is 25.7 Å².